The third-order valence-electron chi connectivity index (χ3n) is 3.67. The number of carbonyl (C=O) groups is 1. The maximum Gasteiger partial charge on any atom is 0.159 e. The minimum atomic E-state index is 0.0917. The van der Waals surface area contributed by atoms with Crippen LogP contribution in [0.2, 0.25) is 0 Å². The second-order valence-corrected chi connectivity index (χ2v) is 4.97. The first-order valence-corrected chi connectivity index (χ1v) is 6.91. The number of hydrogen-bond acceptors (Lipinski definition) is 3. The van der Waals surface area contributed by atoms with Crippen LogP contribution >= 0.6 is 0 Å². The molecule has 0 atom stereocenters. The molecule has 0 heterocycles. The third kappa shape index (κ3) is 4.06. The molecule has 0 aliphatic heterocycles. The average Bonchev–Trinajstić information content (AvgIpc) is 2.39. The summed E-state index contributed by atoms with van der Waals surface area (Å²) in [7, 11) is 3.79. The Labute approximate surface area is 116 Å². The lowest BCUT2D eigenvalue weighted by Gasteiger charge is -2.26. The van der Waals surface area contributed by atoms with E-state index in [0.717, 1.165) is 36.3 Å². The number of Topliss-reactive ketones (excluding diaryl/α,β-unsaturated/α-hetero) is 1. The van der Waals surface area contributed by atoms with Crippen LogP contribution in [0.15, 0.2) is 18.2 Å². The van der Waals surface area contributed by atoms with Crippen LogP contribution in [0.4, 0.5) is 0 Å². The standard InChI is InChI=1S/C16H25NO2/c1-6-15(7-2)17(4)11-14-10-13(12(3)18)8-9-16(14)19-5/h8-10,15H,6-7,11H2,1-5H3. The largest absolute Gasteiger partial charge is 0.496 e. The molecule has 0 saturated heterocycles. The number of carbonyl (C=O) groups excluding carboxylic acids is 1. The zero-order chi connectivity index (χ0) is 14.4. The van der Waals surface area contributed by atoms with E-state index in [1.54, 1.807) is 14.0 Å². The van der Waals surface area contributed by atoms with Gasteiger partial charge in [-0.1, -0.05) is 13.8 Å². The van der Waals surface area contributed by atoms with Crippen molar-refractivity contribution in [2.45, 2.75) is 46.2 Å². The van der Waals surface area contributed by atoms with Gasteiger partial charge in [0.1, 0.15) is 5.75 Å². The summed E-state index contributed by atoms with van der Waals surface area (Å²) in [6.45, 7) is 6.80. The summed E-state index contributed by atoms with van der Waals surface area (Å²) in [5.74, 6) is 0.942. The Kier molecular flexibility index (Phi) is 6.03. The van der Waals surface area contributed by atoms with Crippen LogP contribution in [0.5, 0.6) is 5.75 Å². The molecule has 106 valence electrons. The van der Waals surface area contributed by atoms with Gasteiger partial charge in [0, 0.05) is 23.7 Å². The monoisotopic (exact) mass is 263 g/mol. The van der Waals surface area contributed by atoms with Gasteiger partial charge in [-0.05, 0) is 45.0 Å². The van der Waals surface area contributed by atoms with E-state index in [0.29, 0.717) is 6.04 Å². The molecule has 0 amide bonds. The van der Waals surface area contributed by atoms with Crippen LogP contribution in [0.25, 0.3) is 0 Å². The minimum Gasteiger partial charge on any atom is -0.496 e. The van der Waals surface area contributed by atoms with E-state index in [-0.39, 0.29) is 5.78 Å². The summed E-state index contributed by atoms with van der Waals surface area (Å²) in [5.41, 5.74) is 1.82. The fourth-order valence-corrected chi connectivity index (χ4v) is 2.43. The van der Waals surface area contributed by atoms with Crippen LogP contribution in [-0.4, -0.2) is 30.9 Å². The van der Waals surface area contributed by atoms with E-state index in [4.69, 9.17) is 4.74 Å². The van der Waals surface area contributed by atoms with E-state index in [2.05, 4.69) is 25.8 Å². The minimum absolute atomic E-state index is 0.0917. The van der Waals surface area contributed by atoms with Gasteiger partial charge < -0.3 is 4.74 Å². The van der Waals surface area contributed by atoms with Gasteiger partial charge in [0.25, 0.3) is 0 Å². The van der Waals surface area contributed by atoms with Crippen LogP contribution in [0.1, 0.15) is 49.5 Å². The highest BCUT2D eigenvalue weighted by atomic mass is 16.5. The first-order valence-electron chi connectivity index (χ1n) is 6.91. The van der Waals surface area contributed by atoms with Crippen molar-refractivity contribution in [1.82, 2.24) is 4.90 Å². The lowest BCUT2D eigenvalue weighted by atomic mass is 10.0. The fraction of sp³-hybridized carbons (Fsp3) is 0.562. The van der Waals surface area contributed by atoms with Crippen molar-refractivity contribution in [3.05, 3.63) is 29.3 Å². The summed E-state index contributed by atoms with van der Waals surface area (Å²) in [4.78, 5) is 13.8. The van der Waals surface area contributed by atoms with Gasteiger partial charge >= 0.3 is 0 Å². The normalized spacial score (nSPS) is 11.1. The predicted molar refractivity (Wildman–Crippen MR) is 78.8 cm³/mol. The summed E-state index contributed by atoms with van der Waals surface area (Å²) in [5, 5.41) is 0. The van der Waals surface area contributed by atoms with Crippen LogP contribution in [0, 0.1) is 0 Å². The molecule has 3 heteroatoms. The maximum atomic E-state index is 11.5. The Morgan fingerprint density at radius 2 is 1.95 bits per heavy atom. The molecule has 0 aliphatic rings. The third-order valence-corrected chi connectivity index (χ3v) is 3.67. The second kappa shape index (κ2) is 7.29. The first-order chi connectivity index (χ1) is 9.03. The zero-order valence-electron chi connectivity index (χ0n) is 12.7. The molecule has 1 aromatic rings. The van der Waals surface area contributed by atoms with Crippen molar-refractivity contribution < 1.29 is 9.53 Å². The molecule has 0 saturated carbocycles. The summed E-state index contributed by atoms with van der Waals surface area (Å²) >= 11 is 0. The van der Waals surface area contributed by atoms with Crippen LogP contribution in [0.3, 0.4) is 0 Å². The molecule has 1 aromatic carbocycles. The number of nitrogens with zero attached hydrogens (tertiary/aromatic N) is 1. The molecule has 0 aliphatic carbocycles. The molecule has 0 spiro atoms. The molecule has 19 heavy (non-hydrogen) atoms. The zero-order valence-corrected chi connectivity index (χ0v) is 12.7. The quantitative estimate of drug-likeness (QED) is 0.705. The Hall–Kier alpha value is -1.35. The Morgan fingerprint density at radius 3 is 2.42 bits per heavy atom. The Bertz CT molecular complexity index is 425. The lowest BCUT2D eigenvalue weighted by Crippen LogP contribution is -2.30. The number of ether oxygens (including phenoxy) is 1. The van der Waals surface area contributed by atoms with Crippen molar-refractivity contribution >= 4 is 5.78 Å². The molecule has 0 N–H and O–H groups in total. The van der Waals surface area contributed by atoms with Gasteiger partial charge in [0.05, 0.1) is 7.11 Å². The number of ketones is 1. The first kappa shape index (κ1) is 15.7. The van der Waals surface area contributed by atoms with E-state index in [9.17, 15) is 4.79 Å². The predicted octanol–water partition coefficient (Wildman–Crippen LogP) is 3.52. The van der Waals surface area contributed by atoms with E-state index in [1.807, 2.05) is 18.2 Å². The fourth-order valence-electron chi connectivity index (χ4n) is 2.43. The average molecular weight is 263 g/mol. The SMILES string of the molecule is CCC(CC)N(C)Cc1cc(C(C)=O)ccc1OC. The van der Waals surface area contributed by atoms with Gasteiger partial charge in [0.2, 0.25) is 0 Å². The highest BCUT2D eigenvalue weighted by Crippen LogP contribution is 2.23. The number of benzene rings is 1. The summed E-state index contributed by atoms with van der Waals surface area (Å²) in [6, 6.07) is 6.21. The highest BCUT2D eigenvalue weighted by Gasteiger charge is 2.14. The molecular weight excluding hydrogens is 238 g/mol. The molecular formula is C16H25NO2. The number of rotatable bonds is 7. The Morgan fingerprint density at radius 1 is 1.32 bits per heavy atom. The lowest BCUT2D eigenvalue weighted by molar-refractivity contribution is 0.101. The van der Waals surface area contributed by atoms with Crippen LogP contribution in [-0.2, 0) is 6.54 Å². The Balaban J connectivity index is 2.97. The van der Waals surface area contributed by atoms with Crippen molar-refractivity contribution in [1.29, 1.82) is 0 Å². The molecule has 0 radical (unpaired) electrons. The van der Waals surface area contributed by atoms with Gasteiger partial charge in [-0.3, -0.25) is 9.69 Å². The van der Waals surface area contributed by atoms with E-state index in [1.165, 1.54) is 0 Å². The van der Waals surface area contributed by atoms with Gasteiger partial charge in [-0.2, -0.15) is 0 Å². The summed E-state index contributed by atoms with van der Waals surface area (Å²) < 4.78 is 5.39. The molecule has 3 nitrogen and oxygen atoms in total. The molecule has 0 fully saturated rings. The molecule has 1 rings (SSSR count). The van der Waals surface area contributed by atoms with E-state index >= 15 is 0 Å². The summed E-state index contributed by atoms with van der Waals surface area (Å²) in [6.07, 6.45) is 2.25. The molecule has 0 aromatic heterocycles. The molecule has 0 unspecified atom stereocenters. The number of methoxy groups -OCH3 is 1. The maximum absolute atomic E-state index is 11.5. The van der Waals surface area contributed by atoms with Gasteiger partial charge in [0.15, 0.2) is 5.78 Å². The topological polar surface area (TPSA) is 29.5 Å². The van der Waals surface area contributed by atoms with Crippen molar-refractivity contribution in [2.75, 3.05) is 14.2 Å². The number of hydrogen-bond donors (Lipinski definition) is 0. The smallest absolute Gasteiger partial charge is 0.159 e. The highest BCUT2D eigenvalue weighted by molar-refractivity contribution is 5.94. The van der Waals surface area contributed by atoms with Crippen LogP contribution < -0.4 is 4.74 Å². The molecule has 0 bridgehead atoms. The van der Waals surface area contributed by atoms with Crippen molar-refractivity contribution in [2.24, 2.45) is 0 Å². The van der Waals surface area contributed by atoms with Crippen molar-refractivity contribution in [3.63, 3.8) is 0 Å². The second-order valence-electron chi connectivity index (χ2n) is 4.97. The van der Waals surface area contributed by atoms with Crippen molar-refractivity contribution in [3.8, 4) is 5.75 Å². The van der Waals surface area contributed by atoms with E-state index < -0.39 is 0 Å². The van der Waals surface area contributed by atoms with Gasteiger partial charge in [-0.25, -0.2) is 0 Å². The van der Waals surface area contributed by atoms with Gasteiger partial charge in [-0.15, -0.1) is 0 Å².